The number of carbonyl (C=O) groups excluding carboxylic acids is 1. The summed E-state index contributed by atoms with van der Waals surface area (Å²) in [4.78, 5) is 43.1. The molecule has 0 saturated heterocycles. The number of hydrogen-bond acceptors (Lipinski definition) is 10. The van der Waals surface area contributed by atoms with Crippen LogP contribution in [0.3, 0.4) is 0 Å². The molecule has 2 aliphatic heterocycles. The minimum absolute atomic E-state index is 0.0483. The van der Waals surface area contributed by atoms with E-state index in [1.54, 1.807) is 38.1 Å². The molecule has 0 N–H and O–H groups in total. The van der Waals surface area contributed by atoms with Gasteiger partial charge in [0.2, 0.25) is 6.79 Å². The molecule has 1 atom stereocenters. The van der Waals surface area contributed by atoms with Gasteiger partial charge in [-0.1, -0.05) is 29.5 Å². The summed E-state index contributed by atoms with van der Waals surface area (Å²) in [7, 11) is 0. The van der Waals surface area contributed by atoms with Crippen LogP contribution in [0.5, 0.6) is 17.2 Å². The first-order valence-corrected chi connectivity index (χ1v) is 12.6. The van der Waals surface area contributed by atoms with E-state index in [-0.39, 0.29) is 40.5 Å². The molecule has 2 aliphatic rings. The summed E-state index contributed by atoms with van der Waals surface area (Å²) >= 11 is 1.07. The van der Waals surface area contributed by atoms with Crippen LogP contribution in [0.15, 0.2) is 57.5 Å². The number of ether oxygens (including phenoxy) is 4. The maximum atomic E-state index is 13.9. The van der Waals surface area contributed by atoms with Crippen LogP contribution in [0.25, 0.3) is 6.08 Å². The fourth-order valence-corrected chi connectivity index (χ4v) is 5.48. The third-order valence-corrected chi connectivity index (χ3v) is 7.02. The van der Waals surface area contributed by atoms with E-state index in [4.69, 9.17) is 18.9 Å². The van der Waals surface area contributed by atoms with Crippen LogP contribution >= 0.6 is 11.3 Å². The molecule has 0 fully saturated rings. The Balaban J connectivity index is 1.76. The quantitative estimate of drug-likeness (QED) is 0.255. The standard InChI is InChI=1S/C26H23N3O8S/c1-4-34-18-9-7-6-8-16(18)23-22(25(31)35-5-2)14(3)27-26-28(23)24(30)21(38-26)11-15-10-19-20(37-13-36-19)12-17(15)29(32)33/h6-12,23H,4-5,13H2,1-3H3/b21-11-/t23-/m1/s1. The minimum Gasteiger partial charge on any atom is -0.494 e. The third-order valence-electron chi connectivity index (χ3n) is 6.04. The van der Waals surface area contributed by atoms with Gasteiger partial charge in [-0.15, -0.1) is 0 Å². The van der Waals surface area contributed by atoms with E-state index >= 15 is 0 Å². The number of nitrogens with zero attached hydrogens (tertiary/aromatic N) is 3. The summed E-state index contributed by atoms with van der Waals surface area (Å²) in [5, 5.41) is 11.8. The predicted octanol–water partition coefficient (Wildman–Crippen LogP) is 2.83. The van der Waals surface area contributed by atoms with Gasteiger partial charge >= 0.3 is 5.97 Å². The average molecular weight is 538 g/mol. The van der Waals surface area contributed by atoms with Crippen molar-refractivity contribution in [3.8, 4) is 17.2 Å². The number of allylic oxidation sites excluding steroid dienone is 1. The van der Waals surface area contributed by atoms with E-state index in [1.807, 2.05) is 6.92 Å². The molecular weight excluding hydrogens is 514 g/mol. The summed E-state index contributed by atoms with van der Waals surface area (Å²) in [5.41, 5.74) is 0.687. The summed E-state index contributed by atoms with van der Waals surface area (Å²) in [6.07, 6.45) is 1.43. The molecule has 0 aliphatic carbocycles. The van der Waals surface area contributed by atoms with Crippen LogP contribution in [0.4, 0.5) is 5.69 Å². The fourth-order valence-electron chi connectivity index (χ4n) is 4.44. The van der Waals surface area contributed by atoms with Crippen LogP contribution in [-0.2, 0) is 9.53 Å². The lowest BCUT2D eigenvalue weighted by molar-refractivity contribution is -0.385. The zero-order valence-corrected chi connectivity index (χ0v) is 21.6. The fraction of sp³-hybridized carbons (Fsp3) is 0.269. The van der Waals surface area contributed by atoms with Gasteiger partial charge in [0.15, 0.2) is 16.3 Å². The molecular formula is C26H23N3O8S. The van der Waals surface area contributed by atoms with E-state index in [0.717, 1.165) is 11.3 Å². The maximum absolute atomic E-state index is 13.9. The number of nitro benzene ring substituents is 1. The first-order valence-electron chi connectivity index (χ1n) is 11.8. The van der Waals surface area contributed by atoms with Crippen LogP contribution in [-0.4, -0.2) is 35.5 Å². The average Bonchev–Trinajstić information content (AvgIpc) is 3.47. The molecule has 1 aromatic heterocycles. The molecule has 0 saturated carbocycles. The number of aromatic nitrogens is 1. The highest BCUT2D eigenvalue weighted by molar-refractivity contribution is 7.07. The molecule has 0 unspecified atom stereocenters. The zero-order chi connectivity index (χ0) is 27.0. The van der Waals surface area contributed by atoms with Crippen molar-refractivity contribution in [2.45, 2.75) is 26.8 Å². The molecule has 0 radical (unpaired) electrons. The van der Waals surface area contributed by atoms with Gasteiger partial charge < -0.3 is 18.9 Å². The summed E-state index contributed by atoms with van der Waals surface area (Å²) in [6, 6.07) is 9.02. The van der Waals surface area contributed by atoms with Gasteiger partial charge in [-0.25, -0.2) is 9.79 Å². The number of esters is 1. The number of fused-ring (bicyclic) bond motifs is 2. The van der Waals surface area contributed by atoms with Crippen molar-refractivity contribution in [2.75, 3.05) is 20.0 Å². The first-order chi connectivity index (χ1) is 18.3. The van der Waals surface area contributed by atoms with Crippen molar-refractivity contribution in [3.63, 3.8) is 0 Å². The second kappa shape index (κ2) is 10.1. The van der Waals surface area contributed by atoms with Crippen molar-refractivity contribution in [2.24, 2.45) is 4.99 Å². The van der Waals surface area contributed by atoms with E-state index in [2.05, 4.69) is 4.99 Å². The molecule has 0 amide bonds. The number of benzene rings is 2. The Morgan fingerprint density at radius 3 is 2.68 bits per heavy atom. The molecule has 5 rings (SSSR count). The Labute approximate surface area is 220 Å². The summed E-state index contributed by atoms with van der Waals surface area (Å²) < 4.78 is 23.4. The van der Waals surface area contributed by atoms with E-state index in [9.17, 15) is 19.7 Å². The number of thiazole rings is 1. The van der Waals surface area contributed by atoms with Crippen LogP contribution < -0.4 is 29.1 Å². The molecule has 0 spiro atoms. The Bertz CT molecular complexity index is 1670. The zero-order valence-electron chi connectivity index (χ0n) is 20.8. The molecule has 2 aromatic carbocycles. The second-order valence-electron chi connectivity index (χ2n) is 8.29. The molecule has 38 heavy (non-hydrogen) atoms. The summed E-state index contributed by atoms with van der Waals surface area (Å²) in [5.74, 6) is 0.527. The highest BCUT2D eigenvalue weighted by Gasteiger charge is 2.35. The molecule has 12 heteroatoms. The van der Waals surface area contributed by atoms with Gasteiger partial charge in [0.05, 0.1) is 45.6 Å². The normalized spacial score (nSPS) is 16.2. The van der Waals surface area contributed by atoms with Gasteiger partial charge in [-0.05, 0) is 39.0 Å². The maximum Gasteiger partial charge on any atom is 0.338 e. The Morgan fingerprint density at radius 1 is 1.24 bits per heavy atom. The Kier molecular flexibility index (Phi) is 6.72. The van der Waals surface area contributed by atoms with E-state index in [1.165, 1.54) is 22.8 Å². The minimum atomic E-state index is -0.873. The van der Waals surface area contributed by atoms with Crippen molar-refractivity contribution in [1.29, 1.82) is 0 Å². The van der Waals surface area contributed by atoms with Crippen LogP contribution in [0.2, 0.25) is 0 Å². The highest BCUT2D eigenvalue weighted by Crippen LogP contribution is 2.38. The van der Waals surface area contributed by atoms with Crippen molar-refractivity contribution in [1.82, 2.24) is 4.57 Å². The van der Waals surface area contributed by atoms with Gasteiger partial charge in [0.1, 0.15) is 11.8 Å². The molecule has 11 nitrogen and oxygen atoms in total. The second-order valence-corrected chi connectivity index (χ2v) is 9.30. The largest absolute Gasteiger partial charge is 0.494 e. The topological polar surface area (TPSA) is 131 Å². The highest BCUT2D eigenvalue weighted by atomic mass is 32.1. The lowest BCUT2D eigenvalue weighted by Gasteiger charge is -2.26. The number of rotatable bonds is 7. The molecule has 196 valence electrons. The van der Waals surface area contributed by atoms with Gasteiger partial charge in [-0.2, -0.15) is 0 Å². The van der Waals surface area contributed by atoms with Gasteiger partial charge in [-0.3, -0.25) is 19.5 Å². The third kappa shape index (κ3) is 4.32. The van der Waals surface area contributed by atoms with Crippen molar-refractivity contribution >= 4 is 29.1 Å². The number of hydrogen-bond donors (Lipinski definition) is 0. The first kappa shape index (κ1) is 25.2. The smallest absolute Gasteiger partial charge is 0.338 e. The summed E-state index contributed by atoms with van der Waals surface area (Å²) in [6.45, 7) is 5.70. The van der Waals surface area contributed by atoms with E-state index in [0.29, 0.717) is 34.2 Å². The van der Waals surface area contributed by atoms with Crippen molar-refractivity contribution in [3.05, 3.63) is 88.6 Å². The van der Waals surface area contributed by atoms with Gasteiger partial charge in [0.25, 0.3) is 11.2 Å². The lowest BCUT2D eigenvalue weighted by atomic mass is 9.95. The Morgan fingerprint density at radius 2 is 1.97 bits per heavy atom. The van der Waals surface area contributed by atoms with Crippen LogP contribution in [0, 0.1) is 10.1 Å². The molecule has 3 aromatic rings. The van der Waals surface area contributed by atoms with Crippen molar-refractivity contribution < 1.29 is 28.7 Å². The lowest BCUT2D eigenvalue weighted by Crippen LogP contribution is -2.40. The van der Waals surface area contributed by atoms with Gasteiger partial charge in [0, 0.05) is 5.56 Å². The monoisotopic (exact) mass is 537 g/mol. The molecule has 3 heterocycles. The number of nitro groups is 1. The number of carbonyl (C=O) groups is 1. The number of para-hydroxylation sites is 1. The molecule has 0 bridgehead atoms. The van der Waals surface area contributed by atoms with Crippen LogP contribution in [0.1, 0.15) is 37.9 Å². The predicted molar refractivity (Wildman–Crippen MR) is 137 cm³/mol. The Hall–Kier alpha value is -4.45. The SMILES string of the molecule is CCOC(=O)C1=C(C)N=c2s/c(=C\c3cc4c(cc3[N+](=O)[O-])OCO4)c(=O)n2[C@@H]1c1ccccc1OCC. The van der Waals surface area contributed by atoms with E-state index < -0.39 is 22.5 Å².